The number of hydrogen-bond acceptors (Lipinski definition) is 5. The third kappa shape index (κ3) is 3.60. The Morgan fingerprint density at radius 1 is 1.11 bits per heavy atom. The van der Waals surface area contributed by atoms with Crippen LogP contribution in [0.1, 0.15) is 36.8 Å². The molecule has 27 heavy (non-hydrogen) atoms. The maximum atomic E-state index is 12.3. The first kappa shape index (κ1) is 17.7. The number of hydrogen-bond donors (Lipinski definition) is 1. The molecule has 1 aromatic carbocycles. The number of benzene rings is 1. The standard InChI is InChI=1S/C20H20N2O5/c1-2-6-14-10-22(20(24)21-18(14)23)15-9-16-17(25-11-15)12-26-19(27-16)13-7-4-3-5-8-13/h3-5,7-8,10,15-17,19H,9,11-12H2,1H3,(H,21,23,24)/t15-,16-,17+,19+/m0/s1. The zero-order valence-electron chi connectivity index (χ0n) is 14.9. The highest BCUT2D eigenvalue weighted by molar-refractivity contribution is 5.29. The van der Waals surface area contributed by atoms with Gasteiger partial charge in [0.15, 0.2) is 6.29 Å². The van der Waals surface area contributed by atoms with Gasteiger partial charge in [0, 0.05) is 11.8 Å². The molecule has 7 heteroatoms. The molecule has 2 aliphatic heterocycles. The fourth-order valence-electron chi connectivity index (χ4n) is 3.47. The van der Waals surface area contributed by atoms with Gasteiger partial charge in [-0.3, -0.25) is 14.3 Å². The number of aromatic amines is 1. The molecule has 0 amide bonds. The Bertz CT molecular complexity index is 985. The van der Waals surface area contributed by atoms with E-state index in [0.29, 0.717) is 19.6 Å². The second-order valence-electron chi connectivity index (χ2n) is 6.60. The van der Waals surface area contributed by atoms with Crippen molar-refractivity contribution in [1.82, 2.24) is 9.55 Å². The summed E-state index contributed by atoms with van der Waals surface area (Å²) in [7, 11) is 0. The first-order valence-electron chi connectivity index (χ1n) is 8.87. The smallest absolute Gasteiger partial charge is 0.328 e. The molecule has 140 valence electrons. The third-order valence-electron chi connectivity index (χ3n) is 4.82. The number of rotatable bonds is 2. The summed E-state index contributed by atoms with van der Waals surface area (Å²) in [6.45, 7) is 2.42. The van der Waals surface area contributed by atoms with Gasteiger partial charge < -0.3 is 14.2 Å². The molecule has 2 aliphatic rings. The maximum Gasteiger partial charge on any atom is 0.328 e. The molecule has 7 nitrogen and oxygen atoms in total. The van der Waals surface area contributed by atoms with Crippen molar-refractivity contribution in [3.05, 3.63) is 68.5 Å². The first-order chi connectivity index (χ1) is 13.2. The molecule has 0 spiro atoms. The molecule has 2 fully saturated rings. The molecule has 1 N–H and O–H groups in total. The van der Waals surface area contributed by atoms with E-state index in [4.69, 9.17) is 14.2 Å². The highest BCUT2D eigenvalue weighted by Gasteiger charge is 2.39. The Morgan fingerprint density at radius 2 is 1.93 bits per heavy atom. The van der Waals surface area contributed by atoms with Crippen LogP contribution < -0.4 is 11.2 Å². The SMILES string of the molecule is CC#Cc1cn([C@@H]2CO[C@@H]3CO[C@@H](c4ccccc4)O[C@H]3C2)c(=O)[nH]c1=O. The van der Waals surface area contributed by atoms with Crippen molar-refractivity contribution < 1.29 is 14.2 Å². The molecular weight excluding hydrogens is 348 g/mol. The lowest BCUT2D eigenvalue weighted by Gasteiger charge is -2.42. The van der Waals surface area contributed by atoms with E-state index in [2.05, 4.69) is 16.8 Å². The zero-order valence-corrected chi connectivity index (χ0v) is 14.9. The van der Waals surface area contributed by atoms with Crippen LogP contribution in [0.5, 0.6) is 0 Å². The molecule has 2 aromatic rings. The third-order valence-corrected chi connectivity index (χ3v) is 4.82. The van der Waals surface area contributed by atoms with Gasteiger partial charge in [-0.25, -0.2) is 4.79 Å². The Balaban J connectivity index is 1.56. The van der Waals surface area contributed by atoms with Gasteiger partial charge in [0.05, 0.1) is 25.4 Å². The normalized spacial score (nSPS) is 27.3. The molecule has 0 saturated carbocycles. The summed E-state index contributed by atoms with van der Waals surface area (Å²) in [5.41, 5.74) is 0.251. The summed E-state index contributed by atoms with van der Waals surface area (Å²) in [5.74, 6) is 5.41. The fourth-order valence-corrected chi connectivity index (χ4v) is 3.47. The molecule has 0 radical (unpaired) electrons. The van der Waals surface area contributed by atoms with Crippen LogP contribution in [0, 0.1) is 11.8 Å². The summed E-state index contributed by atoms with van der Waals surface area (Å²) in [4.78, 5) is 26.5. The number of fused-ring (bicyclic) bond motifs is 1. The van der Waals surface area contributed by atoms with E-state index in [9.17, 15) is 9.59 Å². The molecule has 0 unspecified atom stereocenters. The summed E-state index contributed by atoms with van der Waals surface area (Å²) in [6.07, 6.45) is 1.25. The number of nitrogens with zero attached hydrogens (tertiary/aromatic N) is 1. The van der Waals surface area contributed by atoms with Crippen molar-refractivity contribution in [2.45, 2.75) is 37.9 Å². The van der Waals surface area contributed by atoms with Crippen LogP contribution in [-0.2, 0) is 14.2 Å². The number of ether oxygens (including phenoxy) is 3. The molecule has 3 heterocycles. The predicted molar refractivity (Wildman–Crippen MR) is 97.3 cm³/mol. The van der Waals surface area contributed by atoms with Crippen LogP contribution in [0.15, 0.2) is 46.1 Å². The van der Waals surface area contributed by atoms with Crippen molar-refractivity contribution in [1.29, 1.82) is 0 Å². The monoisotopic (exact) mass is 368 g/mol. The van der Waals surface area contributed by atoms with E-state index in [1.807, 2.05) is 30.3 Å². The second kappa shape index (κ2) is 7.53. The van der Waals surface area contributed by atoms with E-state index in [0.717, 1.165) is 5.56 Å². The van der Waals surface area contributed by atoms with Crippen molar-refractivity contribution in [2.24, 2.45) is 0 Å². The topological polar surface area (TPSA) is 82.6 Å². The van der Waals surface area contributed by atoms with Gasteiger partial charge in [-0.05, 0) is 13.3 Å². The maximum absolute atomic E-state index is 12.3. The number of nitrogens with one attached hydrogen (secondary N) is 1. The first-order valence-corrected chi connectivity index (χ1v) is 8.87. The Hall–Kier alpha value is -2.66. The Labute approximate surface area is 155 Å². The van der Waals surface area contributed by atoms with Crippen LogP contribution in [-0.4, -0.2) is 35.0 Å². The summed E-state index contributed by atoms with van der Waals surface area (Å²) < 4.78 is 19.3. The molecule has 4 rings (SSSR count). The highest BCUT2D eigenvalue weighted by atomic mass is 16.7. The minimum Gasteiger partial charge on any atom is -0.371 e. The van der Waals surface area contributed by atoms with Crippen LogP contribution >= 0.6 is 0 Å². The summed E-state index contributed by atoms with van der Waals surface area (Å²) in [6, 6.07) is 9.47. The van der Waals surface area contributed by atoms with Gasteiger partial charge in [0.2, 0.25) is 0 Å². The lowest BCUT2D eigenvalue weighted by Crippen LogP contribution is -2.49. The molecule has 0 aliphatic carbocycles. The average Bonchev–Trinajstić information content (AvgIpc) is 2.70. The largest absolute Gasteiger partial charge is 0.371 e. The van der Waals surface area contributed by atoms with Crippen molar-refractivity contribution in [3.8, 4) is 11.8 Å². The molecule has 1 aromatic heterocycles. The van der Waals surface area contributed by atoms with Crippen molar-refractivity contribution in [2.75, 3.05) is 13.2 Å². The van der Waals surface area contributed by atoms with Gasteiger partial charge in [0.1, 0.15) is 11.7 Å². The van der Waals surface area contributed by atoms with Crippen molar-refractivity contribution >= 4 is 0 Å². The summed E-state index contributed by atoms with van der Waals surface area (Å²) in [5, 5.41) is 0. The second-order valence-corrected chi connectivity index (χ2v) is 6.60. The van der Waals surface area contributed by atoms with Crippen molar-refractivity contribution in [3.63, 3.8) is 0 Å². The van der Waals surface area contributed by atoms with E-state index >= 15 is 0 Å². The lowest BCUT2D eigenvalue weighted by atomic mass is 10.00. The number of aromatic nitrogens is 2. The van der Waals surface area contributed by atoms with Crippen LogP contribution in [0.2, 0.25) is 0 Å². The van der Waals surface area contributed by atoms with E-state index in [1.54, 1.807) is 6.92 Å². The molecule has 2 saturated heterocycles. The fraction of sp³-hybridized carbons (Fsp3) is 0.400. The van der Waals surface area contributed by atoms with Gasteiger partial charge in [-0.1, -0.05) is 36.3 Å². The predicted octanol–water partition coefficient (Wildman–Crippen LogP) is 1.35. The van der Waals surface area contributed by atoms with Gasteiger partial charge in [-0.15, -0.1) is 5.92 Å². The van der Waals surface area contributed by atoms with Gasteiger partial charge in [0.25, 0.3) is 5.56 Å². The highest BCUT2D eigenvalue weighted by Crippen LogP contribution is 2.34. The zero-order chi connectivity index (χ0) is 18.8. The van der Waals surface area contributed by atoms with Gasteiger partial charge >= 0.3 is 5.69 Å². The van der Waals surface area contributed by atoms with Crippen LogP contribution in [0.3, 0.4) is 0 Å². The minimum atomic E-state index is -0.480. The van der Waals surface area contributed by atoms with E-state index in [-0.39, 0.29) is 23.8 Å². The molecule has 4 atom stereocenters. The average molecular weight is 368 g/mol. The minimum absolute atomic E-state index is 0.172. The molecule has 0 bridgehead atoms. The quantitative estimate of drug-likeness (QED) is 0.810. The Kier molecular flexibility index (Phi) is 4.94. The Morgan fingerprint density at radius 3 is 2.70 bits per heavy atom. The van der Waals surface area contributed by atoms with Crippen LogP contribution in [0.4, 0.5) is 0 Å². The van der Waals surface area contributed by atoms with E-state index in [1.165, 1.54) is 10.8 Å². The summed E-state index contributed by atoms with van der Waals surface area (Å²) >= 11 is 0. The lowest BCUT2D eigenvalue weighted by molar-refractivity contribution is -0.282. The molecular formula is C20H20N2O5. The van der Waals surface area contributed by atoms with E-state index < -0.39 is 17.5 Å². The number of H-pyrrole nitrogens is 1. The van der Waals surface area contributed by atoms with Gasteiger partial charge in [-0.2, -0.15) is 0 Å². The van der Waals surface area contributed by atoms with Crippen LogP contribution in [0.25, 0.3) is 0 Å².